The highest BCUT2D eigenvalue weighted by atomic mass is 32.2. The van der Waals surface area contributed by atoms with Crippen molar-refractivity contribution in [3.8, 4) is 0 Å². The van der Waals surface area contributed by atoms with Crippen molar-refractivity contribution in [1.82, 2.24) is 4.98 Å². The molecule has 96 valence electrons. The van der Waals surface area contributed by atoms with Gasteiger partial charge in [-0.2, -0.15) is 0 Å². The summed E-state index contributed by atoms with van der Waals surface area (Å²) in [4.78, 5) is 4.36. The summed E-state index contributed by atoms with van der Waals surface area (Å²) in [5.41, 5.74) is 6.78. The first-order valence-electron chi connectivity index (χ1n) is 5.79. The fourth-order valence-electron chi connectivity index (χ4n) is 1.68. The first-order chi connectivity index (χ1) is 8.53. The summed E-state index contributed by atoms with van der Waals surface area (Å²) in [7, 11) is -3.22. The molecule has 4 nitrogen and oxygen atoms in total. The molecule has 18 heavy (non-hydrogen) atoms. The Labute approximate surface area is 107 Å². The molecule has 1 atom stereocenters. The van der Waals surface area contributed by atoms with Gasteiger partial charge in [-0.1, -0.05) is 24.3 Å². The van der Waals surface area contributed by atoms with Crippen LogP contribution in [0.5, 0.6) is 0 Å². The molecule has 0 radical (unpaired) electrons. The third-order valence-electron chi connectivity index (χ3n) is 2.95. The lowest BCUT2D eigenvalue weighted by Gasteiger charge is -2.10. The Bertz CT molecular complexity index is 653. The number of nitrogens with two attached hydrogens (primary N) is 1. The number of sulfone groups is 1. The minimum atomic E-state index is -3.22. The Kier molecular flexibility index (Phi) is 3.63. The van der Waals surface area contributed by atoms with E-state index in [0.717, 1.165) is 10.9 Å². The van der Waals surface area contributed by atoms with Gasteiger partial charge < -0.3 is 5.73 Å². The molecule has 0 bridgehead atoms. The van der Waals surface area contributed by atoms with Gasteiger partial charge in [-0.15, -0.1) is 0 Å². The summed E-state index contributed by atoms with van der Waals surface area (Å²) in [6.07, 6.45) is 0. The number of fused-ring (bicyclic) bond motifs is 1. The second kappa shape index (κ2) is 5.04. The fourth-order valence-corrected chi connectivity index (χ4v) is 2.83. The quantitative estimate of drug-likeness (QED) is 0.908. The van der Waals surface area contributed by atoms with Crippen LogP contribution >= 0.6 is 0 Å². The van der Waals surface area contributed by atoms with Crippen molar-refractivity contribution >= 4 is 20.7 Å². The summed E-state index contributed by atoms with van der Waals surface area (Å²) < 4.78 is 23.9. The Morgan fingerprint density at radius 1 is 1.22 bits per heavy atom. The van der Waals surface area contributed by atoms with E-state index in [-0.39, 0.29) is 12.3 Å². The van der Waals surface area contributed by atoms with E-state index < -0.39 is 15.1 Å². The maximum atomic E-state index is 11.9. The van der Waals surface area contributed by atoms with E-state index in [0.29, 0.717) is 5.69 Å². The van der Waals surface area contributed by atoms with Crippen molar-refractivity contribution in [2.75, 3.05) is 6.54 Å². The van der Waals surface area contributed by atoms with Gasteiger partial charge in [0.05, 0.1) is 22.2 Å². The molecule has 0 aliphatic rings. The van der Waals surface area contributed by atoms with E-state index >= 15 is 0 Å². The Morgan fingerprint density at radius 3 is 2.67 bits per heavy atom. The topological polar surface area (TPSA) is 73.1 Å². The van der Waals surface area contributed by atoms with E-state index in [4.69, 9.17) is 5.73 Å². The lowest BCUT2D eigenvalue weighted by Crippen LogP contribution is -2.27. The molecule has 0 saturated heterocycles. The summed E-state index contributed by atoms with van der Waals surface area (Å²) in [6, 6.07) is 11.3. The number of hydrogen-bond donors (Lipinski definition) is 1. The molecule has 0 amide bonds. The Hall–Kier alpha value is -1.46. The highest BCUT2D eigenvalue weighted by Gasteiger charge is 2.20. The normalized spacial score (nSPS) is 13.7. The maximum absolute atomic E-state index is 11.9. The monoisotopic (exact) mass is 264 g/mol. The van der Waals surface area contributed by atoms with E-state index in [1.54, 1.807) is 13.0 Å². The molecule has 1 heterocycles. The molecule has 0 fully saturated rings. The molecule has 2 N–H and O–H groups in total. The molecule has 2 rings (SSSR count). The summed E-state index contributed by atoms with van der Waals surface area (Å²) in [6.45, 7) is 1.76. The Morgan fingerprint density at radius 2 is 1.94 bits per heavy atom. The number of pyridine rings is 1. The highest BCUT2D eigenvalue weighted by Crippen LogP contribution is 2.15. The highest BCUT2D eigenvalue weighted by molar-refractivity contribution is 7.91. The Balaban J connectivity index is 2.33. The smallest absolute Gasteiger partial charge is 0.159 e. The van der Waals surface area contributed by atoms with E-state index in [2.05, 4.69) is 4.98 Å². The van der Waals surface area contributed by atoms with Crippen molar-refractivity contribution in [2.45, 2.75) is 17.9 Å². The predicted molar refractivity (Wildman–Crippen MR) is 72.9 cm³/mol. The minimum absolute atomic E-state index is 0.0593. The second-order valence-corrected chi connectivity index (χ2v) is 6.77. The van der Waals surface area contributed by atoms with Crippen LogP contribution in [0.2, 0.25) is 0 Å². The lowest BCUT2D eigenvalue weighted by molar-refractivity contribution is 0.582. The summed E-state index contributed by atoms with van der Waals surface area (Å²) >= 11 is 0. The number of rotatable bonds is 4. The van der Waals surface area contributed by atoms with Gasteiger partial charge >= 0.3 is 0 Å². The molecule has 0 spiro atoms. The maximum Gasteiger partial charge on any atom is 0.159 e. The van der Waals surface area contributed by atoms with Gasteiger partial charge in [-0.3, -0.25) is 4.98 Å². The van der Waals surface area contributed by atoms with Gasteiger partial charge in [0.25, 0.3) is 0 Å². The van der Waals surface area contributed by atoms with Gasteiger partial charge in [-0.05, 0) is 19.1 Å². The van der Waals surface area contributed by atoms with Crippen LogP contribution in [0.15, 0.2) is 36.4 Å². The number of aromatic nitrogens is 1. The zero-order chi connectivity index (χ0) is 13.2. The van der Waals surface area contributed by atoms with Gasteiger partial charge in [0.1, 0.15) is 0 Å². The minimum Gasteiger partial charge on any atom is -0.329 e. The van der Waals surface area contributed by atoms with Crippen molar-refractivity contribution in [3.63, 3.8) is 0 Å². The fraction of sp³-hybridized carbons (Fsp3) is 0.308. The molecule has 1 aromatic carbocycles. The van der Waals surface area contributed by atoms with E-state index in [1.807, 2.05) is 30.3 Å². The molecule has 5 heteroatoms. The molecule has 0 saturated carbocycles. The number of para-hydroxylation sites is 1. The average molecular weight is 264 g/mol. The van der Waals surface area contributed by atoms with Crippen LogP contribution in [-0.4, -0.2) is 25.2 Å². The standard InChI is InChI=1S/C13H16N2O2S/c1-10(8-14)18(16,17)9-12-7-6-11-4-2-3-5-13(11)15-12/h2-7,10H,8-9,14H2,1H3. The van der Waals surface area contributed by atoms with Crippen LogP contribution in [0.1, 0.15) is 12.6 Å². The number of nitrogens with zero attached hydrogens (tertiary/aromatic N) is 1. The molecular formula is C13H16N2O2S. The molecule has 0 aliphatic carbocycles. The molecule has 2 aromatic rings. The van der Waals surface area contributed by atoms with Gasteiger partial charge in [0.15, 0.2) is 9.84 Å². The summed E-state index contributed by atoms with van der Waals surface area (Å²) in [5, 5.41) is 0.469. The van der Waals surface area contributed by atoms with Crippen LogP contribution in [0, 0.1) is 0 Å². The summed E-state index contributed by atoms with van der Waals surface area (Å²) in [5.74, 6) is -0.0593. The van der Waals surface area contributed by atoms with Crippen LogP contribution < -0.4 is 5.73 Å². The third kappa shape index (κ3) is 2.68. The van der Waals surface area contributed by atoms with Crippen LogP contribution in [0.25, 0.3) is 10.9 Å². The van der Waals surface area contributed by atoms with E-state index in [1.165, 1.54) is 0 Å². The first-order valence-corrected chi connectivity index (χ1v) is 7.51. The van der Waals surface area contributed by atoms with Crippen molar-refractivity contribution in [3.05, 3.63) is 42.1 Å². The van der Waals surface area contributed by atoms with E-state index in [9.17, 15) is 8.42 Å². The van der Waals surface area contributed by atoms with Crippen molar-refractivity contribution in [2.24, 2.45) is 5.73 Å². The molecule has 1 aromatic heterocycles. The zero-order valence-electron chi connectivity index (χ0n) is 10.2. The second-order valence-electron chi connectivity index (χ2n) is 4.35. The predicted octanol–water partition coefficient (Wildman–Crippen LogP) is 1.50. The molecule has 0 aliphatic heterocycles. The molecular weight excluding hydrogens is 248 g/mol. The molecule has 1 unspecified atom stereocenters. The average Bonchev–Trinajstić information content (AvgIpc) is 2.37. The first kappa shape index (κ1) is 13.0. The zero-order valence-corrected chi connectivity index (χ0v) is 11.0. The SMILES string of the molecule is CC(CN)S(=O)(=O)Cc1ccc2ccccc2n1. The largest absolute Gasteiger partial charge is 0.329 e. The van der Waals surface area contributed by atoms with Crippen LogP contribution in [0.3, 0.4) is 0 Å². The number of benzene rings is 1. The van der Waals surface area contributed by atoms with Crippen molar-refractivity contribution in [1.29, 1.82) is 0 Å². The third-order valence-corrected chi connectivity index (χ3v) is 5.07. The van der Waals surface area contributed by atoms with Gasteiger partial charge in [0, 0.05) is 11.9 Å². The van der Waals surface area contributed by atoms with Gasteiger partial charge in [0.2, 0.25) is 0 Å². The van der Waals surface area contributed by atoms with Crippen molar-refractivity contribution < 1.29 is 8.42 Å². The number of hydrogen-bond acceptors (Lipinski definition) is 4. The lowest BCUT2D eigenvalue weighted by atomic mass is 10.2. The van der Waals surface area contributed by atoms with Crippen LogP contribution in [-0.2, 0) is 15.6 Å². The van der Waals surface area contributed by atoms with Gasteiger partial charge in [-0.25, -0.2) is 8.42 Å². The van der Waals surface area contributed by atoms with Crippen LogP contribution in [0.4, 0.5) is 0 Å².